The van der Waals surface area contributed by atoms with E-state index >= 15 is 0 Å². The Morgan fingerprint density at radius 1 is 0.529 bits per heavy atom. The topological polar surface area (TPSA) is 25.2 Å². The van der Waals surface area contributed by atoms with Crippen LogP contribution in [0.5, 0.6) is 0 Å². The van der Waals surface area contributed by atoms with Gasteiger partial charge in [-0.25, -0.2) is 4.98 Å². The third kappa shape index (κ3) is 5.70. The Morgan fingerprint density at radius 2 is 1.16 bits per heavy atom. The van der Waals surface area contributed by atoms with Gasteiger partial charge in [0, 0.05) is 22.9 Å². The molecule has 0 N–H and O–H groups in total. The molecule has 0 spiro atoms. The molecule has 0 saturated heterocycles. The van der Waals surface area contributed by atoms with Crippen LogP contribution in [0.2, 0.25) is 0 Å². The fourth-order valence-electron chi connectivity index (χ4n) is 7.19. The lowest BCUT2D eigenvalue weighted by Crippen LogP contribution is -2.11. The molecule has 0 saturated carbocycles. The van der Waals surface area contributed by atoms with Gasteiger partial charge in [-0.2, -0.15) is 0 Å². The number of hydrogen-bond acceptors (Lipinski definition) is 3. The predicted octanol–water partition coefficient (Wildman–Crippen LogP) is 13.8. The first-order valence-electron chi connectivity index (χ1n) is 17.5. The van der Waals surface area contributed by atoms with Gasteiger partial charge < -0.3 is 0 Å². The number of aliphatic imine (C=N–C) groups is 1. The standard InChI is InChI=1S/C48H36N2S/c1-48(2,3)36-28-43(33-25-23-32(24-26-33)42-27-34-14-5-7-18-38(34)39-19-8-9-20-40(39)42)46-45(29-36)51-47(50-46)41-21-10-11-22-44(41)49-30-35-16-12-15-31-13-4-6-17-37(31)35/h4-30H,1-3H3. The van der Waals surface area contributed by atoms with Gasteiger partial charge in [0.05, 0.1) is 15.9 Å². The number of benzene rings is 8. The van der Waals surface area contributed by atoms with Crippen molar-refractivity contribution in [1.82, 2.24) is 4.98 Å². The Labute approximate surface area is 302 Å². The number of nitrogens with zero attached hydrogens (tertiary/aromatic N) is 2. The van der Waals surface area contributed by atoms with E-state index in [2.05, 4.69) is 178 Å². The molecule has 9 aromatic rings. The first-order chi connectivity index (χ1) is 24.9. The molecule has 0 radical (unpaired) electrons. The molecule has 244 valence electrons. The lowest BCUT2D eigenvalue weighted by atomic mass is 9.85. The zero-order valence-electron chi connectivity index (χ0n) is 28.9. The van der Waals surface area contributed by atoms with Gasteiger partial charge in [-0.3, -0.25) is 4.99 Å². The maximum Gasteiger partial charge on any atom is 0.126 e. The quantitative estimate of drug-likeness (QED) is 0.132. The molecular weight excluding hydrogens is 637 g/mol. The van der Waals surface area contributed by atoms with Crippen molar-refractivity contribution in [2.24, 2.45) is 4.99 Å². The Hall–Kier alpha value is -5.90. The monoisotopic (exact) mass is 672 g/mol. The fourth-order valence-corrected chi connectivity index (χ4v) is 8.26. The zero-order chi connectivity index (χ0) is 34.5. The molecule has 3 heteroatoms. The minimum absolute atomic E-state index is 0.0162. The minimum atomic E-state index is -0.0162. The van der Waals surface area contributed by atoms with E-state index in [-0.39, 0.29) is 5.41 Å². The normalized spacial score (nSPS) is 12.1. The summed E-state index contributed by atoms with van der Waals surface area (Å²) in [7, 11) is 0. The molecule has 51 heavy (non-hydrogen) atoms. The Bertz CT molecular complexity index is 2770. The van der Waals surface area contributed by atoms with Gasteiger partial charge >= 0.3 is 0 Å². The van der Waals surface area contributed by atoms with Crippen LogP contribution in [0.15, 0.2) is 163 Å². The second-order valence-corrected chi connectivity index (χ2v) is 15.3. The third-order valence-corrected chi connectivity index (χ3v) is 11.0. The Kier molecular flexibility index (Phi) is 7.60. The molecule has 2 nitrogen and oxygen atoms in total. The first-order valence-corrected chi connectivity index (χ1v) is 18.3. The third-order valence-electron chi connectivity index (χ3n) is 9.94. The van der Waals surface area contributed by atoms with Crippen LogP contribution in [0.3, 0.4) is 0 Å². The summed E-state index contributed by atoms with van der Waals surface area (Å²) in [6, 6.07) is 56.7. The van der Waals surface area contributed by atoms with Gasteiger partial charge in [-0.05, 0) is 90.3 Å². The molecule has 1 heterocycles. The Morgan fingerprint density at radius 3 is 1.94 bits per heavy atom. The van der Waals surface area contributed by atoms with Crippen molar-refractivity contribution in [3.63, 3.8) is 0 Å². The number of rotatable bonds is 5. The van der Waals surface area contributed by atoms with Crippen LogP contribution >= 0.6 is 11.3 Å². The molecule has 0 aliphatic rings. The van der Waals surface area contributed by atoms with Crippen molar-refractivity contribution < 1.29 is 0 Å². The van der Waals surface area contributed by atoms with E-state index in [1.165, 1.54) is 59.3 Å². The molecule has 9 rings (SSSR count). The van der Waals surface area contributed by atoms with Crippen LogP contribution in [-0.2, 0) is 5.41 Å². The van der Waals surface area contributed by atoms with E-state index in [9.17, 15) is 0 Å². The van der Waals surface area contributed by atoms with Crippen LogP contribution in [-0.4, -0.2) is 11.2 Å². The second-order valence-electron chi connectivity index (χ2n) is 14.3. The number of para-hydroxylation sites is 1. The van der Waals surface area contributed by atoms with E-state index in [4.69, 9.17) is 9.98 Å². The highest BCUT2D eigenvalue weighted by molar-refractivity contribution is 7.21. The van der Waals surface area contributed by atoms with Crippen LogP contribution in [0.1, 0.15) is 31.9 Å². The zero-order valence-corrected chi connectivity index (χ0v) is 29.7. The highest BCUT2D eigenvalue weighted by atomic mass is 32.1. The van der Waals surface area contributed by atoms with Crippen LogP contribution in [0, 0.1) is 0 Å². The number of fused-ring (bicyclic) bond motifs is 5. The van der Waals surface area contributed by atoms with Crippen molar-refractivity contribution >= 4 is 65.8 Å². The summed E-state index contributed by atoms with van der Waals surface area (Å²) in [4.78, 5) is 10.4. The number of aromatic nitrogens is 1. The van der Waals surface area contributed by atoms with E-state index in [1.807, 2.05) is 6.21 Å². The molecule has 1 aromatic heterocycles. The highest BCUT2D eigenvalue weighted by Gasteiger charge is 2.21. The van der Waals surface area contributed by atoms with E-state index in [0.717, 1.165) is 32.9 Å². The summed E-state index contributed by atoms with van der Waals surface area (Å²) < 4.78 is 1.19. The van der Waals surface area contributed by atoms with Crippen molar-refractivity contribution in [1.29, 1.82) is 0 Å². The predicted molar refractivity (Wildman–Crippen MR) is 221 cm³/mol. The van der Waals surface area contributed by atoms with Gasteiger partial charge in [0.25, 0.3) is 0 Å². The summed E-state index contributed by atoms with van der Waals surface area (Å²) >= 11 is 1.75. The van der Waals surface area contributed by atoms with Crippen LogP contribution < -0.4 is 0 Å². The Balaban J connectivity index is 1.14. The van der Waals surface area contributed by atoms with Crippen molar-refractivity contribution in [2.75, 3.05) is 0 Å². The van der Waals surface area contributed by atoms with Gasteiger partial charge in [0.1, 0.15) is 5.01 Å². The van der Waals surface area contributed by atoms with Crippen LogP contribution in [0.25, 0.3) is 75.4 Å². The van der Waals surface area contributed by atoms with Crippen molar-refractivity contribution in [3.8, 4) is 32.8 Å². The van der Waals surface area contributed by atoms with Gasteiger partial charge in [0.2, 0.25) is 0 Å². The smallest absolute Gasteiger partial charge is 0.126 e. The molecule has 0 amide bonds. The SMILES string of the molecule is CC(C)(C)c1cc(-c2ccc(-c3cc4ccccc4c4ccccc34)cc2)c2nc(-c3ccccc3N=Cc3cccc4ccccc34)sc2c1. The summed E-state index contributed by atoms with van der Waals surface area (Å²) in [5.41, 5.74) is 10.1. The summed E-state index contributed by atoms with van der Waals surface area (Å²) in [6.45, 7) is 6.85. The summed E-state index contributed by atoms with van der Waals surface area (Å²) in [5.74, 6) is 0. The van der Waals surface area contributed by atoms with Gasteiger partial charge in [0.15, 0.2) is 0 Å². The molecule has 0 aliphatic carbocycles. The fraction of sp³-hybridized carbons (Fsp3) is 0.0833. The average Bonchev–Trinajstić information content (AvgIpc) is 3.61. The largest absolute Gasteiger partial charge is 0.256 e. The van der Waals surface area contributed by atoms with Gasteiger partial charge in [-0.1, -0.05) is 148 Å². The van der Waals surface area contributed by atoms with Crippen molar-refractivity contribution in [3.05, 3.63) is 169 Å². The number of hydrogen-bond donors (Lipinski definition) is 0. The number of thiazole rings is 1. The molecule has 0 aliphatic heterocycles. The summed E-state index contributed by atoms with van der Waals surface area (Å²) in [5, 5.41) is 8.48. The summed E-state index contributed by atoms with van der Waals surface area (Å²) in [6.07, 6.45) is 1.98. The maximum absolute atomic E-state index is 5.35. The lowest BCUT2D eigenvalue weighted by molar-refractivity contribution is 0.591. The second kappa shape index (κ2) is 12.5. The van der Waals surface area contributed by atoms with Crippen molar-refractivity contribution in [2.45, 2.75) is 26.2 Å². The molecule has 0 atom stereocenters. The first kappa shape index (κ1) is 31.1. The molecule has 8 aromatic carbocycles. The molecule has 0 fully saturated rings. The molecule has 0 unspecified atom stereocenters. The molecule has 0 bridgehead atoms. The minimum Gasteiger partial charge on any atom is -0.256 e. The molecular formula is C48H36N2S. The lowest BCUT2D eigenvalue weighted by Gasteiger charge is -2.20. The van der Waals surface area contributed by atoms with Crippen LogP contribution in [0.4, 0.5) is 5.69 Å². The van der Waals surface area contributed by atoms with Gasteiger partial charge in [-0.15, -0.1) is 11.3 Å². The van der Waals surface area contributed by atoms with E-state index < -0.39 is 0 Å². The average molecular weight is 673 g/mol. The highest BCUT2D eigenvalue weighted by Crippen LogP contribution is 2.42. The van der Waals surface area contributed by atoms with E-state index in [1.54, 1.807) is 11.3 Å². The van der Waals surface area contributed by atoms with E-state index in [0.29, 0.717) is 0 Å². The maximum atomic E-state index is 5.35.